The molecule has 1 atom stereocenters. The van der Waals surface area contributed by atoms with Crippen LogP contribution in [0.5, 0.6) is 5.75 Å². The molecule has 144 valence electrons. The highest BCUT2D eigenvalue weighted by atomic mass is 16.5. The van der Waals surface area contributed by atoms with E-state index >= 15 is 0 Å². The molecule has 0 spiro atoms. The van der Waals surface area contributed by atoms with Gasteiger partial charge in [0.15, 0.2) is 0 Å². The highest BCUT2D eigenvalue weighted by Crippen LogP contribution is 2.17. The molecule has 1 unspecified atom stereocenters. The van der Waals surface area contributed by atoms with Crippen LogP contribution in [0, 0.1) is 0 Å². The molecule has 27 heavy (non-hydrogen) atoms. The number of hydrogen-bond acceptors (Lipinski definition) is 3. The van der Waals surface area contributed by atoms with Crippen molar-refractivity contribution < 1.29 is 14.3 Å². The number of aryl methyl sites for hydroxylation is 1. The lowest BCUT2D eigenvalue weighted by atomic mass is 10.1. The van der Waals surface area contributed by atoms with E-state index in [4.69, 9.17) is 4.74 Å². The van der Waals surface area contributed by atoms with E-state index in [0.29, 0.717) is 18.4 Å². The molecule has 0 aromatic heterocycles. The molecule has 0 heterocycles. The summed E-state index contributed by atoms with van der Waals surface area (Å²) in [5.41, 5.74) is 2.30. The van der Waals surface area contributed by atoms with Gasteiger partial charge in [-0.15, -0.1) is 0 Å². The number of ether oxygens (including phenoxy) is 1. The van der Waals surface area contributed by atoms with Crippen molar-refractivity contribution in [2.45, 2.75) is 39.2 Å². The largest absolute Gasteiger partial charge is 0.491 e. The first-order valence-electron chi connectivity index (χ1n) is 9.26. The van der Waals surface area contributed by atoms with Gasteiger partial charge in [0.05, 0.1) is 6.10 Å². The van der Waals surface area contributed by atoms with Gasteiger partial charge in [0.2, 0.25) is 5.91 Å². The maximum atomic E-state index is 12.5. The number of hydrogen-bond donors (Lipinski definition) is 1. The molecule has 2 rings (SSSR count). The summed E-state index contributed by atoms with van der Waals surface area (Å²) >= 11 is 0. The molecule has 2 amide bonds. The SMILES string of the molecule is CCC(C)Oc1ccc(C(=O)Nc2cccc(CCC(=O)N(C)C)c2)cc1. The minimum absolute atomic E-state index is 0.0872. The van der Waals surface area contributed by atoms with E-state index in [2.05, 4.69) is 12.2 Å². The Hall–Kier alpha value is -2.82. The van der Waals surface area contributed by atoms with Crippen LogP contribution in [0.3, 0.4) is 0 Å². The quantitative estimate of drug-likeness (QED) is 0.762. The number of amides is 2. The van der Waals surface area contributed by atoms with E-state index in [9.17, 15) is 9.59 Å². The monoisotopic (exact) mass is 368 g/mol. The van der Waals surface area contributed by atoms with Crippen molar-refractivity contribution in [3.63, 3.8) is 0 Å². The molecule has 0 saturated heterocycles. The van der Waals surface area contributed by atoms with E-state index in [1.54, 1.807) is 31.1 Å². The fraction of sp³-hybridized carbons (Fsp3) is 0.364. The highest BCUT2D eigenvalue weighted by Gasteiger charge is 2.09. The molecule has 5 heteroatoms. The maximum absolute atomic E-state index is 12.5. The van der Waals surface area contributed by atoms with Crippen LogP contribution in [-0.2, 0) is 11.2 Å². The third-order valence-electron chi connectivity index (χ3n) is 4.34. The lowest BCUT2D eigenvalue weighted by Gasteiger charge is -2.13. The minimum Gasteiger partial charge on any atom is -0.491 e. The Morgan fingerprint density at radius 1 is 1.11 bits per heavy atom. The van der Waals surface area contributed by atoms with Crippen molar-refractivity contribution >= 4 is 17.5 Å². The number of benzene rings is 2. The van der Waals surface area contributed by atoms with Gasteiger partial charge >= 0.3 is 0 Å². The molecule has 0 saturated carbocycles. The van der Waals surface area contributed by atoms with E-state index in [-0.39, 0.29) is 17.9 Å². The number of carbonyl (C=O) groups excluding carboxylic acids is 2. The molecule has 1 N–H and O–H groups in total. The van der Waals surface area contributed by atoms with E-state index in [1.807, 2.05) is 43.3 Å². The van der Waals surface area contributed by atoms with Gasteiger partial charge in [-0.05, 0) is 61.7 Å². The van der Waals surface area contributed by atoms with Crippen LogP contribution < -0.4 is 10.1 Å². The van der Waals surface area contributed by atoms with Crippen LogP contribution in [0.2, 0.25) is 0 Å². The zero-order valence-electron chi connectivity index (χ0n) is 16.5. The molecular formula is C22H28N2O3. The van der Waals surface area contributed by atoms with Crippen molar-refractivity contribution in [2.24, 2.45) is 0 Å². The Bertz CT molecular complexity index is 769. The second-order valence-electron chi connectivity index (χ2n) is 6.80. The van der Waals surface area contributed by atoms with Crippen LogP contribution in [0.15, 0.2) is 48.5 Å². The fourth-order valence-electron chi connectivity index (χ4n) is 2.48. The van der Waals surface area contributed by atoms with Crippen LogP contribution in [-0.4, -0.2) is 36.9 Å². The second-order valence-corrected chi connectivity index (χ2v) is 6.80. The molecule has 0 aliphatic heterocycles. The first-order chi connectivity index (χ1) is 12.9. The number of anilines is 1. The van der Waals surface area contributed by atoms with Gasteiger partial charge in [-0.1, -0.05) is 19.1 Å². The van der Waals surface area contributed by atoms with E-state index in [0.717, 1.165) is 23.4 Å². The topological polar surface area (TPSA) is 58.6 Å². The number of nitrogens with one attached hydrogen (secondary N) is 1. The fourth-order valence-corrected chi connectivity index (χ4v) is 2.48. The van der Waals surface area contributed by atoms with Gasteiger partial charge in [-0.25, -0.2) is 0 Å². The molecule has 0 bridgehead atoms. The zero-order chi connectivity index (χ0) is 19.8. The Morgan fingerprint density at radius 2 is 1.81 bits per heavy atom. The molecule has 2 aromatic rings. The molecule has 0 radical (unpaired) electrons. The summed E-state index contributed by atoms with van der Waals surface area (Å²) in [4.78, 5) is 25.8. The second kappa shape index (κ2) is 9.76. The Balaban J connectivity index is 1.97. The van der Waals surface area contributed by atoms with E-state index < -0.39 is 0 Å². The van der Waals surface area contributed by atoms with Gasteiger partial charge in [0.1, 0.15) is 5.75 Å². The summed E-state index contributed by atoms with van der Waals surface area (Å²) < 4.78 is 5.73. The first-order valence-corrected chi connectivity index (χ1v) is 9.26. The van der Waals surface area contributed by atoms with Gasteiger partial charge < -0.3 is 15.0 Å². The van der Waals surface area contributed by atoms with Crippen LogP contribution >= 0.6 is 0 Å². The zero-order valence-corrected chi connectivity index (χ0v) is 16.5. The van der Waals surface area contributed by atoms with Crippen LogP contribution in [0.4, 0.5) is 5.69 Å². The Kier molecular flexibility index (Phi) is 7.41. The number of carbonyl (C=O) groups is 2. The van der Waals surface area contributed by atoms with Crippen molar-refractivity contribution in [2.75, 3.05) is 19.4 Å². The summed E-state index contributed by atoms with van der Waals surface area (Å²) in [6.45, 7) is 4.08. The average molecular weight is 368 g/mol. The molecule has 0 aliphatic rings. The van der Waals surface area contributed by atoms with Gasteiger partial charge in [0, 0.05) is 31.8 Å². The average Bonchev–Trinajstić information content (AvgIpc) is 2.66. The van der Waals surface area contributed by atoms with Crippen molar-refractivity contribution in [3.05, 3.63) is 59.7 Å². The number of rotatable bonds is 8. The summed E-state index contributed by atoms with van der Waals surface area (Å²) in [6, 6.07) is 14.7. The molecule has 5 nitrogen and oxygen atoms in total. The predicted molar refractivity (Wildman–Crippen MR) is 108 cm³/mol. The Labute approximate surface area is 161 Å². The first kappa shape index (κ1) is 20.5. The highest BCUT2D eigenvalue weighted by molar-refractivity contribution is 6.04. The lowest BCUT2D eigenvalue weighted by Crippen LogP contribution is -2.21. The summed E-state index contributed by atoms with van der Waals surface area (Å²) in [5.74, 6) is 0.671. The summed E-state index contributed by atoms with van der Waals surface area (Å²) in [7, 11) is 3.50. The summed E-state index contributed by atoms with van der Waals surface area (Å²) in [6.07, 6.45) is 2.16. The normalized spacial score (nSPS) is 11.6. The molecule has 0 fully saturated rings. The standard InChI is InChI=1S/C22H28N2O3/c1-5-16(2)27-20-12-10-18(11-13-20)22(26)23-19-8-6-7-17(15-19)9-14-21(25)24(3)4/h6-8,10-13,15-16H,5,9,14H2,1-4H3,(H,23,26). The van der Waals surface area contributed by atoms with Gasteiger partial charge in [0.25, 0.3) is 5.91 Å². The van der Waals surface area contributed by atoms with Crippen LogP contribution in [0.25, 0.3) is 0 Å². The van der Waals surface area contributed by atoms with Crippen molar-refractivity contribution in [1.29, 1.82) is 0 Å². The Morgan fingerprint density at radius 3 is 2.44 bits per heavy atom. The number of nitrogens with zero attached hydrogens (tertiary/aromatic N) is 1. The molecule has 0 aliphatic carbocycles. The third-order valence-corrected chi connectivity index (χ3v) is 4.34. The van der Waals surface area contributed by atoms with Gasteiger partial charge in [-0.3, -0.25) is 9.59 Å². The van der Waals surface area contributed by atoms with Crippen molar-refractivity contribution in [3.8, 4) is 5.75 Å². The maximum Gasteiger partial charge on any atom is 0.255 e. The minimum atomic E-state index is -0.174. The smallest absolute Gasteiger partial charge is 0.255 e. The predicted octanol–water partition coefficient (Wildman–Crippen LogP) is 4.14. The van der Waals surface area contributed by atoms with Crippen molar-refractivity contribution in [1.82, 2.24) is 4.90 Å². The molecule has 2 aromatic carbocycles. The van der Waals surface area contributed by atoms with E-state index in [1.165, 1.54) is 0 Å². The van der Waals surface area contributed by atoms with Gasteiger partial charge in [-0.2, -0.15) is 0 Å². The lowest BCUT2D eigenvalue weighted by molar-refractivity contribution is -0.128. The summed E-state index contributed by atoms with van der Waals surface area (Å²) in [5, 5.41) is 2.91. The van der Waals surface area contributed by atoms with Crippen LogP contribution in [0.1, 0.15) is 42.6 Å². The molecular weight excluding hydrogens is 340 g/mol. The third kappa shape index (κ3) is 6.44.